The zero-order valence-corrected chi connectivity index (χ0v) is 17.4. The molecule has 154 valence electrons. The van der Waals surface area contributed by atoms with Crippen molar-refractivity contribution in [2.24, 2.45) is 5.73 Å². The molecule has 2 aromatic carbocycles. The summed E-state index contributed by atoms with van der Waals surface area (Å²) in [6, 6.07) is 16.7. The normalized spacial score (nSPS) is 18.4. The Balaban J connectivity index is 1.42. The standard InChI is InChI=1S/C25H28N4O/c1-17-6-7-19(29-14-9-18(26)10-15-29)16-21(17)24(30)28-25(11-12-25)22-8-13-27-23-5-3-2-4-20(22)23/h2-8,13,16,18H,9-12,14-15,26H2,1H3,(H,28,30). The first kappa shape index (κ1) is 19.1. The molecule has 0 unspecified atom stereocenters. The van der Waals surface area contributed by atoms with Crippen LogP contribution >= 0.6 is 0 Å². The maximum absolute atomic E-state index is 13.4. The average molecular weight is 401 g/mol. The summed E-state index contributed by atoms with van der Waals surface area (Å²) in [6.07, 6.45) is 5.74. The molecule has 1 saturated carbocycles. The Labute approximate surface area is 177 Å². The topological polar surface area (TPSA) is 71.2 Å². The van der Waals surface area contributed by atoms with Crippen molar-refractivity contribution in [2.75, 3.05) is 18.0 Å². The fraction of sp³-hybridized carbons (Fsp3) is 0.360. The van der Waals surface area contributed by atoms with Crippen molar-refractivity contribution in [1.29, 1.82) is 0 Å². The van der Waals surface area contributed by atoms with Crippen LogP contribution < -0.4 is 16.0 Å². The number of nitrogens with one attached hydrogen (secondary N) is 1. The number of nitrogens with zero attached hydrogens (tertiary/aromatic N) is 2. The molecular weight excluding hydrogens is 372 g/mol. The Hall–Kier alpha value is -2.92. The smallest absolute Gasteiger partial charge is 0.252 e. The zero-order valence-electron chi connectivity index (χ0n) is 17.4. The van der Waals surface area contributed by atoms with Crippen LogP contribution in [0.3, 0.4) is 0 Å². The number of aryl methyl sites for hydroxylation is 1. The highest BCUT2D eigenvalue weighted by Gasteiger charge is 2.46. The van der Waals surface area contributed by atoms with Crippen LogP contribution in [0.15, 0.2) is 54.7 Å². The molecule has 3 N–H and O–H groups in total. The molecule has 5 nitrogen and oxygen atoms in total. The Bertz CT molecular complexity index is 1090. The SMILES string of the molecule is Cc1ccc(N2CCC(N)CC2)cc1C(=O)NC1(c2ccnc3ccccc23)CC1. The molecule has 5 rings (SSSR count). The number of rotatable bonds is 4. The van der Waals surface area contributed by atoms with Crippen LogP contribution in [0.25, 0.3) is 10.9 Å². The molecule has 2 fully saturated rings. The number of fused-ring (bicyclic) bond motifs is 1. The number of aromatic nitrogens is 1. The van der Waals surface area contributed by atoms with E-state index in [1.54, 1.807) is 0 Å². The van der Waals surface area contributed by atoms with Crippen molar-refractivity contribution >= 4 is 22.5 Å². The van der Waals surface area contributed by atoms with Gasteiger partial charge in [0.15, 0.2) is 0 Å². The molecule has 2 aliphatic rings. The van der Waals surface area contributed by atoms with E-state index in [0.29, 0.717) is 6.04 Å². The van der Waals surface area contributed by atoms with E-state index in [1.807, 2.05) is 37.4 Å². The quantitative estimate of drug-likeness (QED) is 0.697. The van der Waals surface area contributed by atoms with Crippen molar-refractivity contribution in [3.05, 3.63) is 71.4 Å². The summed E-state index contributed by atoms with van der Waals surface area (Å²) in [5.41, 5.74) is 10.8. The summed E-state index contributed by atoms with van der Waals surface area (Å²) < 4.78 is 0. The Morgan fingerprint density at radius 1 is 1.13 bits per heavy atom. The van der Waals surface area contributed by atoms with Crippen LogP contribution in [0.4, 0.5) is 5.69 Å². The lowest BCUT2D eigenvalue weighted by Gasteiger charge is -2.32. The first-order valence-corrected chi connectivity index (χ1v) is 10.8. The largest absolute Gasteiger partial charge is 0.371 e. The van der Waals surface area contributed by atoms with E-state index in [4.69, 9.17) is 5.73 Å². The maximum Gasteiger partial charge on any atom is 0.252 e. The highest BCUT2D eigenvalue weighted by Crippen LogP contribution is 2.47. The van der Waals surface area contributed by atoms with Crippen LogP contribution in [0.1, 0.15) is 47.2 Å². The van der Waals surface area contributed by atoms with Gasteiger partial charge in [-0.15, -0.1) is 0 Å². The highest BCUT2D eigenvalue weighted by molar-refractivity contribution is 5.98. The Morgan fingerprint density at radius 2 is 1.90 bits per heavy atom. The number of para-hydroxylation sites is 1. The van der Waals surface area contributed by atoms with Gasteiger partial charge in [-0.3, -0.25) is 9.78 Å². The summed E-state index contributed by atoms with van der Waals surface area (Å²) in [6.45, 7) is 3.89. The lowest BCUT2D eigenvalue weighted by atomic mass is 9.98. The summed E-state index contributed by atoms with van der Waals surface area (Å²) in [5.74, 6) is 0.00135. The molecule has 1 amide bonds. The molecule has 1 aliphatic heterocycles. The summed E-state index contributed by atoms with van der Waals surface area (Å²) in [4.78, 5) is 20.2. The third kappa shape index (κ3) is 3.43. The van der Waals surface area contributed by atoms with Gasteiger partial charge in [-0.2, -0.15) is 0 Å². The van der Waals surface area contributed by atoms with Crippen LogP contribution in [-0.2, 0) is 5.54 Å². The molecule has 2 heterocycles. The van der Waals surface area contributed by atoms with E-state index in [2.05, 4.69) is 39.5 Å². The van der Waals surface area contributed by atoms with Gasteiger partial charge in [-0.05, 0) is 68.0 Å². The molecule has 0 radical (unpaired) electrons. The van der Waals surface area contributed by atoms with Gasteiger partial charge in [0.1, 0.15) is 0 Å². The van der Waals surface area contributed by atoms with Crippen molar-refractivity contribution in [3.8, 4) is 0 Å². The number of anilines is 1. The van der Waals surface area contributed by atoms with Gasteiger partial charge in [-0.1, -0.05) is 24.3 Å². The molecular formula is C25H28N4O. The van der Waals surface area contributed by atoms with Gasteiger partial charge >= 0.3 is 0 Å². The average Bonchev–Trinajstić information content (AvgIpc) is 3.54. The van der Waals surface area contributed by atoms with Crippen molar-refractivity contribution in [2.45, 2.75) is 44.2 Å². The van der Waals surface area contributed by atoms with Crippen LogP contribution in [0, 0.1) is 6.92 Å². The van der Waals surface area contributed by atoms with E-state index in [1.165, 1.54) is 5.56 Å². The number of piperidine rings is 1. The minimum Gasteiger partial charge on any atom is -0.371 e. The molecule has 1 saturated heterocycles. The summed E-state index contributed by atoms with van der Waals surface area (Å²) in [5, 5.41) is 4.48. The second kappa shape index (κ2) is 7.40. The van der Waals surface area contributed by atoms with Gasteiger partial charge < -0.3 is 16.0 Å². The van der Waals surface area contributed by atoms with Crippen LogP contribution in [0.5, 0.6) is 0 Å². The molecule has 0 bridgehead atoms. The number of hydrogen-bond donors (Lipinski definition) is 2. The minimum absolute atomic E-state index is 0.00135. The van der Waals surface area contributed by atoms with E-state index in [-0.39, 0.29) is 11.4 Å². The number of amides is 1. The van der Waals surface area contributed by atoms with Crippen molar-refractivity contribution < 1.29 is 4.79 Å². The fourth-order valence-corrected chi connectivity index (χ4v) is 4.59. The molecule has 5 heteroatoms. The number of carbonyl (C=O) groups excluding carboxylic acids is 1. The first-order chi connectivity index (χ1) is 14.6. The zero-order chi connectivity index (χ0) is 20.7. The fourth-order valence-electron chi connectivity index (χ4n) is 4.59. The van der Waals surface area contributed by atoms with Gasteiger partial charge in [0.05, 0.1) is 11.1 Å². The molecule has 1 aliphatic carbocycles. The first-order valence-electron chi connectivity index (χ1n) is 10.8. The third-order valence-electron chi connectivity index (χ3n) is 6.64. The maximum atomic E-state index is 13.4. The molecule has 0 atom stereocenters. The lowest BCUT2D eigenvalue weighted by molar-refractivity contribution is 0.0930. The van der Waals surface area contributed by atoms with Crippen LogP contribution in [0.2, 0.25) is 0 Å². The predicted octanol–water partition coefficient (Wildman–Crippen LogP) is 3.89. The summed E-state index contributed by atoms with van der Waals surface area (Å²) in [7, 11) is 0. The number of nitrogens with two attached hydrogens (primary N) is 1. The molecule has 0 spiro atoms. The second-order valence-electron chi connectivity index (χ2n) is 8.74. The summed E-state index contributed by atoms with van der Waals surface area (Å²) >= 11 is 0. The van der Waals surface area contributed by atoms with E-state index in [0.717, 1.165) is 66.5 Å². The highest BCUT2D eigenvalue weighted by atomic mass is 16.1. The van der Waals surface area contributed by atoms with E-state index in [9.17, 15) is 4.79 Å². The van der Waals surface area contributed by atoms with E-state index < -0.39 is 0 Å². The van der Waals surface area contributed by atoms with Gasteiger partial charge in [-0.25, -0.2) is 0 Å². The lowest BCUT2D eigenvalue weighted by Crippen LogP contribution is -2.40. The monoisotopic (exact) mass is 400 g/mol. The van der Waals surface area contributed by atoms with Crippen molar-refractivity contribution in [3.63, 3.8) is 0 Å². The number of hydrogen-bond acceptors (Lipinski definition) is 4. The van der Waals surface area contributed by atoms with Gasteiger partial charge in [0, 0.05) is 42.0 Å². The third-order valence-corrected chi connectivity index (χ3v) is 6.64. The van der Waals surface area contributed by atoms with Crippen LogP contribution in [-0.4, -0.2) is 30.0 Å². The number of pyridine rings is 1. The number of benzene rings is 2. The van der Waals surface area contributed by atoms with Gasteiger partial charge in [0.2, 0.25) is 0 Å². The Kier molecular flexibility index (Phi) is 4.70. The number of carbonyl (C=O) groups is 1. The molecule has 3 aromatic rings. The van der Waals surface area contributed by atoms with Crippen molar-refractivity contribution in [1.82, 2.24) is 10.3 Å². The van der Waals surface area contributed by atoms with Gasteiger partial charge in [0.25, 0.3) is 5.91 Å². The predicted molar refractivity (Wildman–Crippen MR) is 121 cm³/mol. The van der Waals surface area contributed by atoms with E-state index >= 15 is 0 Å². The molecule has 1 aromatic heterocycles. The minimum atomic E-state index is -0.292. The Morgan fingerprint density at radius 3 is 2.67 bits per heavy atom. The molecule has 30 heavy (non-hydrogen) atoms. The second-order valence-corrected chi connectivity index (χ2v) is 8.74.